The maximum Gasteiger partial charge on any atom is 0.256 e. The van der Waals surface area contributed by atoms with Gasteiger partial charge in [-0.3, -0.25) is 9.59 Å². The molecule has 0 radical (unpaired) electrons. The van der Waals surface area contributed by atoms with Gasteiger partial charge in [-0.05, 0) is 49.1 Å². The van der Waals surface area contributed by atoms with E-state index in [1.165, 1.54) is 12.7 Å². The first kappa shape index (κ1) is 33.0. The van der Waals surface area contributed by atoms with Gasteiger partial charge in [-0.1, -0.05) is 48.5 Å². The molecule has 1 amide bonds. The van der Waals surface area contributed by atoms with Gasteiger partial charge in [0.25, 0.3) is 5.91 Å². The Kier molecular flexibility index (Phi) is 11.0. The third-order valence-corrected chi connectivity index (χ3v) is 8.58. The molecule has 2 aromatic heterocycles. The summed E-state index contributed by atoms with van der Waals surface area (Å²) in [7, 11) is 3.17. The van der Waals surface area contributed by atoms with E-state index in [0.29, 0.717) is 24.3 Å². The lowest BCUT2D eigenvalue weighted by Gasteiger charge is -2.18. The molecule has 242 valence electrons. The van der Waals surface area contributed by atoms with E-state index in [4.69, 9.17) is 14.6 Å². The fourth-order valence-corrected chi connectivity index (χ4v) is 6.24. The van der Waals surface area contributed by atoms with Crippen LogP contribution in [-0.4, -0.2) is 89.6 Å². The molecule has 46 heavy (non-hydrogen) atoms. The molecule has 0 bridgehead atoms. The molecule has 10 heteroatoms. The summed E-state index contributed by atoms with van der Waals surface area (Å²) in [6.07, 6.45) is 1.60. The van der Waals surface area contributed by atoms with Crippen molar-refractivity contribution in [1.29, 1.82) is 0 Å². The molecular weight excluding hydrogens is 582 g/mol. The maximum absolute atomic E-state index is 13.9. The van der Waals surface area contributed by atoms with Crippen molar-refractivity contribution >= 4 is 11.7 Å². The number of nitrogens with one attached hydrogen (secondary N) is 1. The van der Waals surface area contributed by atoms with Crippen molar-refractivity contribution < 1.29 is 24.2 Å². The van der Waals surface area contributed by atoms with Crippen molar-refractivity contribution in [1.82, 2.24) is 25.0 Å². The van der Waals surface area contributed by atoms with Crippen molar-refractivity contribution in [3.05, 3.63) is 95.3 Å². The molecule has 2 N–H and O–H groups in total. The molecule has 10 nitrogen and oxygen atoms in total. The van der Waals surface area contributed by atoms with Crippen molar-refractivity contribution in [3.8, 4) is 22.8 Å². The Balaban J connectivity index is 1.45. The molecular formula is C36H43N5O5. The number of methoxy groups -OCH3 is 2. The average Bonchev–Trinajstić information content (AvgIpc) is 3.62. The minimum absolute atomic E-state index is 0.0937. The Morgan fingerprint density at radius 2 is 1.78 bits per heavy atom. The third-order valence-electron chi connectivity index (χ3n) is 8.58. The van der Waals surface area contributed by atoms with Gasteiger partial charge in [0.15, 0.2) is 0 Å². The highest BCUT2D eigenvalue weighted by atomic mass is 16.5. The summed E-state index contributed by atoms with van der Waals surface area (Å²) in [6.45, 7) is 6.88. The number of aliphatic hydroxyl groups is 1. The number of benzene rings is 2. The van der Waals surface area contributed by atoms with Crippen LogP contribution in [0, 0.1) is 12.8 Å². The van der Waals surface area contributed by atoms with Crippen molar-refractivity contribution in [3.63, 3.8) is 0 Å². The Morgan fingerprint density at radius 1 is 1.07 bits per heavy atom. The molecule has 1 fully saturated rings. The summed E-state index contributed by atoms with van der Waals surface area (Å²) < 4.78 is 12.5. The van der Waals surface area contributed by atoms with E-state index in [1.54, 1.807) is 26.3 Å². The second kappa shape index (κ2) is 15.3. The highest BCUT2D eigenvalue weighted by Crippen LogP contribution is 2.36. The number of ether oxygens (including phenoxy) is 2. The van der Waals surface area contributed by atoms with Gasteiger partial charge in [0.05, 0.1) is 36.9 Å². The van der Waals surface area contributed by atoms with Gasteiger partial charge in [0.1, 0.15) is 11.3 Å². The van der Waals surface area contributed by atoms with Crippen LogP contribution in [0.5, 0.6) is 5.88 Å². The molecule has 1 aliphatic heterocycles. The highest BCUT2D eigenvalue weighted by molar-refractivity contribution is 5.97. The summed E-state index contributed by atoms with van der Waals surface area (Å²) in [5.74, 6) is 0.366. The second-order valence-corrected chi connectivity index (χ2v) is 12.0. The topological polar surface area (TPSA) is 119 Å². The summed E-state index contributed by atoms with van der Waals surface area (Å²) in [6, 6.07) is 21.9. The predicted octanol–water partition coefficient (Wildman–Crippen LogP) is 4.23. The number of likely N-dealkylation sites (tertiary alicyclic amines) is 1. The molecule has 5 rings (SSSR count). The molecule has 3 heterocycles. The van der Waals surface area contributed by atoms with Crippen LogP contribution in [0.15, 0.2) is 72.9 Å². The SMILES string of the molecule is COCCN1C[C@@H](CC(=O)Cc2c(C)c(-c3cnc(OC)c(C(=O)NC[C@@H](C)O)c3)nn2-c2ccccc2)[C@H](c2ccccc2)C1. The largest absolute Gasteiger partial charge is 0.480 e. The fraction of sp³-hybridized carbons (Fsp3) is 0.389. The van der Waals surface area contributed by atoms with Crippen molar-refractivity contribution in [2.45, 2.75) is 38.7 Å². The minimum atomic E-state index is -0.698. The Morgan fingerprint density at radius 3 is 2.46 bits per heavy atom. The number of rotatable bonds is 14. The number of Topliss-reactive ketones (excluding diaryl/α,β-unsaturated/α-hetero) is 1. The van der Waals surface area contributed by atoms with E-state index in [9.17, 15) is 14.7 Å². The van der Waals surface area contributed by atoms with Gasteiger partial charge < -0.3 is 24.8 Å². The molecule has 1 saturated heterocycles. The van der Waals surface area contributed by atoms with Crippen LogP contribution in [-0.2, 0) is 16.0 Å². The third kappa shape index (κ3) is 7.70. The summed E-state index contributed by atoms with van der Waals surface area (Å²) in [4.78, 5) is 33.7. The number of ketones is 1. The lowest BCUT2D eigenvalue weighted by molar-refractivity contribution is -0.119. The van der Waals surface area contributed by atoms with E-state index < -0.39 is 12.0 Å². The number of aliphatic hydroxyl groups excluding tert-OH is 1. The monoisotopic (exact) mass is 625 g/mol. The van der Waals surface area contributed by atoms with E-state index >= 15 is 0 Å². The number of carbonyl (C=O) groups excluding carboxylic acids is 2. The highest BCUT2D eigenvalue weighted by Gasteiger charge is 2.35. The number of aromatic nitrogens is 3. The van der Waals surface area contributed by atoms with Gasteiger partial charge in [0, 0.05) is 63.8 Å². The average molecular weight is 626 g/mol. The summed E-state index contributed by atoms with van der Waals surface area (Å²) in [5, 5.41) is 17.3. The van der Waals surface area contributed by atoms with Crippen LogP contribution < -0.4 is 10.1 Å². The van der Waals surface area contributed by atoms with Crippen LogP contribution in [0.25, 0.3) is 16.9 Å². The number of para-hydroxylation sites is 1. The van der Waals surface area contributed by atoms with Gasteiger partial charge in [-0.25, -0.2) is 9.67 Å². The summed E-state index contributed by atoms with van der Waals surface area (Å²) in [5.41, 5.74) is 5.22. The Labute approximate surface area is 270 Å². The predicted molar refractivity (Wildman–Crippen MR) is 176 cm³/mol. The smallest absolute Gasteiger partial charge is 0.256 e. The van der Waals surface area contributed by atoms with E-state index in [1.807, 2.05) is 48.0 Å². The number of hydrogen-bond acceptors (Lipinski definition) is 8. The first-order chi connectivity index (χ1) is 22.3. The maximum atomic E-state index is 13.9. The minimum Gasteiger partial charge on any atom is -0.480 e. The molecule has 0 aliphatic carbocycles. The standard InChI is InChI=1S/C36H43N5O5/c1-24(42)20-37-35(44)31-18-27(21-38-36(31)46-4)34-25(2)33(41(39-34)29-13-9-6-10-14-29)19-30(43)17-28-22-40(15-16-45-3)23-32(28)26-11-7-5-8-12-26/h5-14,18,21,24,28,32,42H,15-17,19-20,22-23H2,1-4H3,(H,37,44)/t24-,28-,32+/m1/s1. The zero-order chi connectivity index (χ0) is 32.6. The normalized spacial score (nSPS) is 17.2. The quantitative estimate of drug-likeness (QED) is 0.214. The zero-order valence-corrected chi connectivity index (χ0v) is 27.0. The molecule has 4 aromatic rings. The Bertz CT molecular complexity index is 1620. The molecule has 0 saturated carbocycles. The van der Waals surface area contributed by atoms with E-state index in [0.717, 1.165) is 36.6 Å². The van der Waals surface area contributed by atoms with Crippen LogP contribution in [0.1, 0.15) is 46.4 Å². The lowest BCUT2D eigenvalue weighted by atomic mass is 9.85. The number of amides is 1. The van der Waals surface area contributed by atoms with Gasteiger partial charge in [-0.15, -0.1) is 0 Å². The van der Waals surface area contributed by atoms with Crippen LogP contribution in [0.3, 0.4) is 0 Å². The lowest BCUT2D eigenvalue weighted by Crippen LogP contribution is -2.31. The molecule has 0 spiro atoms. The number of hydrogen-bond donors (Lipinski definition) is 2. The van der Waals surface area contributed by atoms with E-state index in [-0.39, 0.29) is 42.0 Å². The van der Waals surface area contributed by atoms with Gasteiger partial charge in [0.2, 0.25) is 5.88 Å². The first-order valence-corrected chi connectivity index (χ1v) is 15.7. The second-order valence-electron chi connectivity index (χ2n) is 12.0. The number of nitrogens with zero attached hydrogens (tertiary/aromatic N) is 4. The summed E-state index contributed by atoms with van der Waals surface area (Å²) >= 11 is 0. The van der Waals surface area contributed by atoms with Crippen LogP contribution in [0.2, 0.25) is 0 Å². The molecule has 1 aliphatic rings. The zero-order valence-electron chi connectivity index (χ0n) is 27.0. The number of pyridine rings is 1. The van der Waals surface area contributed by atoms with Crippen molar-refractivity contribution in [2.75, 3.05) is 47.0 Å². The molecule has 2 aromatic carbocycles. The van der Waals surface area contributed by atoms with Gasteiger partial charge in [-0.2, -0.15) is 5.10 Å². The van der Waals surface area contributed by atoms with Gasteiger partial charge >= 0.3 is 0 Å². The van der Waals surface area contributed by atoms with Crippen LogP contribution in [0.4, 0.5) is 0 Å². The Hall–Kier alpha value is -4.38. The van der Waals surface area contributed by atoms with Crippen molar-refractivity contribution in [2.24, 2.45) is 5.92 Å². The molecule has 0 unspecified atom stereocenters. The molecule has 3 atom stereocenters. The number of carbonyl (C=O) groups is 2. The van der Waals surface area contributed by atoms with Crippen LogP contribution >= 0.6 is 0 Å². The fourth-order valence-electron chi connectivity index (χ4n) is 6.24. The first-order valence-electron chi connectivity index (χ1n) is 15.7. The van der Waals surface area contributed by atoms with E-state index in [2.05, 4.69) is 39.5 Å².